The Morgan fingerprint density at radius 1 is 1.24 bits per heavy atom. The van der Waals surface area contributed by atoms with E-state index in [1.807, 2.05) is 19.9 Å². The second kappa shape index (κ2) is 7.72. The monoisotopic (exact) mass is 244 g/mol. The van der Waals surface area contributed by atoms with Crippen molar-refractivity contribution < 1.29 is 14.6 Å². The Morgan fingerprint density at radius 2 is 1.88 bits per heavy atom. The number of methoxy groups -OCH3 is 1. The molecule has 0 aliphatic rings. The molecule has 0 bridgehead atoms. The zero-order chi connectivity index (χ0) is 13.4. The minimum Gasteiger partial charge on any atom is -0.505 e. The topological polar surface area (TPSA) is 38.7 Å². The lowest BCUT2D eigenvalue weighted by molar-refractivity contribution is -0.00516. The van der Waals surface area contributed by atoms with E-state index in [9.17, 15) is 5.11 Å². The first-order valence-electron chi connectivity index (χ1n) is 6.31. The molecule has 0 spiro atoms. The molecule has 0 aliphatic heterocycles. The van der Waals surface area contributed by atoms with E-state index in [0.717, 1.165) is 12.8 Å². The fourth-order valence-corrected chi connectivity index (χ4v) is 1.34. The zero-order valence-electron chi connectivity index (χ0n) is 12.0. The second-order valence-corrected chi connectivity index (χ2v) is 5.63. The van der Waals surface area contributed by atoms with Crippen LogP contribution in [0.5, 0.6) is 0 Å². The maximum absolute atomic E-state index is 9.82. The highest BCUT2D eigenvalue weighted by Gasteiger charge is 2.19. The van der Waals surface area contributed by atoms with E-state index in [4.69, 9.17) is 9.47 Å². The molecule has 0 heterocycles. The van der Waals surface area contributed by atoms with E-state index in [0.29, 0.717) is 19.6 Å². The maximum atomic E-state index is 9.82. The quantitative estimate of drug-likeness (QED) is 0.500. The largest absolute Gasteiger partial charge is 0.505 e. The molecule has 0 aliphatic carbocycles. The Bertz CT molecular complexity index is 220. The molecule has 0 saturated heterocycles. The van der Waals surface area contributed by atoms with Crippen LogP contribution in [0.3, 0.4) is 0 Å². The van der Waals surface area contributed by atoms with Crippen LogP contribution in [0.15, 0.2) is 12.3 Å². The molecule has 3 heteroatoms. The molecule has 0 saturated carbocycles. The molecule has 0 aromatic heterocycles. The summed E-state index contributed by atoms with van der Waals surface area (Å²) in [6.07, 6.45) is 6.07. The Morgan fingerprint density at radius 3 is 2.41 bits per heavy atom. The SMILES string of the molecule is CCC(C)(O)CCOCC(C)(C)CC=COC. The highest BCUT2D eigenvalue weighted by atomic mass is 16.5. The lowest BCUT2D eigenvalue weighted by Gasteiger charge is -2.25. The minimum atomic E-state index is -0.597. The highest BCUT2D eigenvalue weighted by Crippen LogP contribution is 2.22. The van der Waals surface area contributed by atoms with Gasteiger partial charge in [-0.25, -0.2) is 0 Å². The van der Waals surface area contributed by atoms with E-state index in [-0.39, 0.29) is 5.41 Å². The highest BCUT2D eigenvalue weighted by molar-refractivity contribution is 4.82. The van der Waals surface area contributed by atoms with Crippen molar-refractivity contribution in [3.63, 3.8) is 0 Å². The van der Waals surface area contributed by atoms with Gasteiger partial charge in [-0.05, 0) is 37.7 Å². The third-order valence-corrected chi connectivity index (χ3v) is 2.94. The van der Waals surface area contributed by atoms with Gasteiger partial charge in [-0.1, -0.05) is 20.8 Å². The Labute approximate surface area is 106 Å². The molecule has 1 atom stereocenters. The summed E-state index contributed by atoms with van der Waals surface area (Å²) in [7, 11) is 1.65. The Kier molecular flexibility index (Phi) is 7.48. The zero-order valence-corrected chi connectivity index (χ0v) is 12.0. The van der Waals surface area contributed by atoms with Crippen molar-refractivity contribution in [2.24, 2.45) is 5.41 Å². The van der Waals surface area contributed by atoms with Crippen molar-refractivity contribution in [3.8, 4) is 0 Å². The van der Waals surface area contributed by atoms with Crippen LogP contribution in [-0.4, -0.2) is 31.0 Å². The number of aliphatic hydroxyl groups is 1. The second-order valence-electron chi connectivity index (χ2n) is 5.63. The van der Waals surface area contributed by atoms with Gasteiger partial charge in [-0.2, -0.15) is 0 Å². The summed E-state index contributed by atoms with van der Waals surface area (Å²) in [5, 5.41) is 9.82. The van der Waals surface area contributed by atoms with Gasteiger partial charge in [0.15, 0.2) is 0 Å². The molecule has 3 nitrogen and oxygen atoms in total. The van der Waals surface area contributed by atoms with E-state index < -0.39 is 5.60 Å². The molecule has 102 valence electrons. The van der Waals surface area contributed by atoms with Crippen LogP contribution in [0, 0.1) is 5.41 Å². The molecule has 17 heavy (non-hydrogen) atoms. The van der Waals surface area contributed by atoms with E-state index in [2.05, 4.69) is 13.8 Å². The first kappa shape index (κ1) is 16.5. The molecule has 1 unspecified atom stereocenters. The first-order chi connectivity index (χ1) is 7.83. The molecule has 1 N–H and O–H groups in total. The van der Waals surface area contributed by atoms with Crippen LogP contribution < -0.4 is 0 Å². The molecule has 0 rings (SSSR count). The van der Waals surface area contributed by atoms with Gasteiger partial charge in [-0.15, -0.1) is 0 Å². The lowest BCUT2D eigenvalue weighted by Crippen LogP contribution is -2.26. The number of ether oxygens (including phenoxy) is 2. The fraction of sp³-hybridized carbons (Fsp3) is 0.857. The van der Waals surface area contributed by atoms with E-state index in [1.54, 1.807) is 13.4 Å². The predicted octanol–water partition coefficient (Wildman–Crippen LogP) is 3.13. The molecule has 0 amide bonds. The summed E-state index contributed by atoms with van der Waals surface area (Å²) in [5.41, 5.74) is -0.493. The average Bonchev–Trinajstić information content (AvgIpc) is 2.25. The fourth-order valence-electron chi connectivity index (χ4n) is 1.34. The summed E-state index contributed by atoms with van der Waals surface area (Å²) < 4.78 is 10.5. The van der Waals surface area contributed by atoms with Gasteiger partial charge in [-0.3, -0.25) is 0 Å². The van der Waals surface area contributed by atoms with Crippen molar-refractivity contribution in [2.75, 3.05) is 20.3 Å². The van der Waals surface area contributed by atoms with Crippen LogP contribution in [0.4, 0.5) is 0 Å². The molecular formula is C14H28O3. The maximum Gasteiger partial charge on any atom is 0.0784 e. The van der Waals surface area contributed by atoms with Crippen molar-refractivity contribution in [2.45, 2.75) is 52.6 Å². The third-order valence-electron chi connectivity index (χ3n) is 2.94. The van der Waals surface area contributed by atoms with Crippen LogP contribution in [0.25, 0.3) is 0 Å². The van der Waals surface area contributed by atoms with Crippen molar-refractivity contribution in [3.05, 3.63) is 12.3 Å². The Hall–Kier alpha value is -0.540. The Balaban J connectivity index is 3.76. The normalized spacial score (nSPS) is 16.1. The van der Waals surface area contributed by atoms with E-state index in [1.165, 1.54) is 0 Å². The molecule has 0 fully saturated rings. The van der Waals surface area contributed by atoms with Gasteiger partial charge in [0.1, 0.15) is 0 Å². The minimum absolute atomic E-state index is 0.104. The van der Waals surface area contributed by atoms with Gasteiger partial charge >= 0.3 is 0 Å². The predicted molar refractivity (Wildman–Crippen MR) is 70.9 cm³/mol. The molecule has 0 radical (unpaired) electrons. The van der Waals surface area contributed by atoms with Gasteiger partial charge < -0.3 is 14.6 Å². The van der Waals surface area contributed by atoms with Crippen LogP contribution in [0.1, 0.15) is 47.0 Å². The first-order valence-corrected chi connectivity index (χ1v) is 6.31. The standard InChI is InChI=1S/C14H28O3/c1-6-14(4,15)9-11-17-12-13(2,3)8-7-10-16-5/h7,10,15H,6,8-9,11-12H2,1-5H3. The number of allylic oxidation sites excluding steroid dienone is 1. The summed E-state index contributed by atoms with van der Waals surface area (Å²) in [6.45, 7) is 9.46. The number of rotatable bonds is 9. The lowest BCUT2D eigenvalue weighted by atomic mass is 9.90. The van der Waals surface area contributed by atoms with Crippen LogP contribution in [-0.2, 0) is 9.47 Å². The summed E-state index contributed by atoms with van der Waals surface area (Å²) in [5.74, 6) is 0. The van der Waals surface area contributed by atoms with Crippen molar-refractivity contribution in [1.29, 1.82) is 0 Å². The number of hydrogen-bond donors (Lipinski definition) is 1. The van der Waals surface area contributed by atoms with Gasteiger partial charge in [0.05, 0.1) is 25.6 Å². The van der Waals surface area contributed by atoms with Crippen molar-refractivity contribution in [1.82, 2.24) is 0 Å². The smallest absolute Gasteiger partial charge is 0.0784 e. The molecule has 0 aromatic carbocycles. The van der Waals surface area contributed by atoms with E-state index >= 15 is 0 Å². The summed E-state index contributed by atoms with van der Waals surface area (Å²) in [6, 6.07) is 0. The summed E-state index contributed by atoms with van der Waals surface area (Å²) >= 11 is 0. The summed E-state index contributed by atoms with van der Waals surface area (Å²) in [4.78, 5) is 0. The molecular weight excluding hydrogens is 216 g/mol. The average molecular weight is 244 g/mol. The van der Waals surface area contributed by atoms with Crippen LogP contribution in [0.2, 0.25) is 0 Å². The number of hydrogen-bond acceptors (Lipinski definition) is 3. The van der Waals surface area contributed by atoms with Crippen molar-refractivity contribution >= 4 is 0 Å². The third kappa shape index (κ3) is 9.19. The van der Waals surface area contributed by atoms with Crippen LogP contribution >= 0.6 is 0 Å². The van der Waals surface area contributed by atoms with Gasteiger partial charge in [0, 0.05) is 6.61 Å². The van der Waals surface area contributed by atoms with Gasteiger partial charge in [0.25, 0.3) is 0 Å². The van der Waals surface area contributed by atoms with Gasteiger partial charge in [0.2, 0.25) is 0 Å². The molecule has 0 aromatic rings.